The Hall–Kier alpha value is -1.63. The highest BCUT2D eigenvalue weighted by atomic mass is 16.4. The van der Waals surface area contributed by atoms with Crippen LogP contribution in [0.1, 0.15) is 13.8 Å². The fourth-order valence-electron chi connectivity index (χ4n) is 1.04. The molecule has 0 saturated heterocycles. The lowest BCUT2D eigenvalue weighted by Gasteiger charge is -2.13. The second-order valence-electron chi connectivity index (χ2n) is 3.18. The van der Waals surface area contributed by atoms with Crippen molar-refractivity contribution in [2.75, 3.05) is 19.6 Å². The molecule has 0 aliphatic heterocycles. The fraction of sp³-hybridized carbons (Fsp3) is 0.667. The van der Waals surface area contributed by atoms with E-state index in [1.54, 1.807) is 6.92 Å². The SMILES string of the molecule is CCNC(=O)CNCC(NC(C)=O)C(=O)O. The first-order chi connectivity index (χ1) is 7.47. The van der Waals surface area contributed by atoms with Crippen molar-refractivity contribution < 1.29 is 19.5 Å². The second kappa shape index (κ2) is 7.63. The van der Waals surface area contributed by atoms with Gasteiger partial charge >= 0.3 is 5.97 Å². The van der Waals surface area contributed by atoms with Gasteiger partial charge in [0, 0.05) is 20.0 Å². The molecular formula is C9H17N3O4. The molecule has 4 N–H and O–H groups in total. The van der Waals surface area contributed by atoms with Crippen LogP contribution in [-0.4, -0.2) is 48.6 Å². The molecule has 1 atom stereocenters. The van der Waals surface area contributed by atoms with E-state index in [4.69, 9.17) is 5.11 Å². The molecule has 0 aliphatic carbocycles. The van der Waals surface area contributed by atoms with Gasteiger partial charge in [0.05, 0.1) is 6.54 Å². The Balaban J connectivity index is 3.89. The summed E-state index contributed by atoms with van der Waals surface area (Å²) in [4.78, 5) is 32.4. The van der Waals surface area contributed by atoms with Crippen LogP contribution in [0, 0.1) is 0 Å². The molecule has 0 aromatic heterocycles. The quantitative estimate of drug-likeness (QED) is 0.418. The zero-order valence-corrected chi connectivity index (χ0v) is 9.37. The first kappa shape index (κ1) is 14.4. The lowest BCUT2D eigenvalue weighted by molar-refractivity contribution is -0.141. The molecule has 16 heavy (non-hydrogen) atoms. The van der Waals surface area contributed by atoms with E-state index in [1.165, 1.54) is 6.92 Å². The van der Waals surface area contributed by atoms with Gasteiger partial charge in [-0.2, -0.15) is 0 Å². The molecular weight excluding hydrogens is 214 g/mol. The molecule has 0 saturated carbocycles. The lowest BCUT2D eigenvalue weighted by Crippen LogP contribution is -2.48. The summed E-state index contributed by atoms with van der Waals surface area (Å²) in [6.07, 6.45) is 0. The Morgan fingerprint density at radius 2 is 1.94 bits per heavy atom. The third-order valence-electron chi connectivity index (χ3n) is 1.68. The van der Waals surface area contributed by atoms with Crippen LogP contribution in [0.3, 0.4) is 0 Å². The van der Waals surface area contributed by atoms with Crippen molar-refractivity contribution in [3.05, 3.63) is 0 Å². The molecule has 2 amide bonds. The Labute approximate surface area is 93.6 Å². The number of carboxylic acids is 1. The minimum Gasteiger partial charge on any atom is -0.480 e. The maximum atomic E-state index is 11.0. The van der Waals surface area contributed by atoms with Crippen LogP contribution in [0.25, 0.3) is 0 Å². The third kappa shape index (κ3) is 6.77. The molecule has 0 aliphatic rings. The van der Waals surface area contributed by atoms with Crippen molar-refractivity contribution in [1.82, 2.24) is 16.0 Å². The number of carbonyl (C=O) groups is 3. The van der Waals surface area contributed by atoms with Crippen LogP contribution in [0.4, 0.5) is 0 Å². The number of hydrogen-bond acceptors (Lipinski definition) is 4. The summed E-state index contributed by atoms with van der Waals surface area (Å²) < 4.78 is 0. The van der Waals surface area contributed by atoms with E-state index >= 15 is 0 Å². The molecule has 0 bridgehead atoms. The van der Waals surface area contributed by atoms with Crippen LogP contribution < -0.4 is 16.0 Å². The van der Waals surface area contributed by atoms with Gasteiger partial charge in [-0.15, -0.1) is 0 Å². The Bertz CT molecular complexity index is 267. The highest BCUT2D eigenvalue weighted by Gasteiger charge is 2.17. The zero-order valence-electron chi connectivity index (χ0n) is 9.37. The predicted octanol–water partition coefficient (Wildman–Crippen LogP) is -1.70. The molecule has 0 aromatic carbocycles. The zero-order chi connectivity index (χ0) is 12.6. The van der Waals surface area contributed by atoms with Gasteiger partial charge in [0.15, 0.2) is 0 Å². The number of likely N-dealkylation sites (N-methyl/N-ethyl adjacent to an activating group) is 1. The predicted molar refractivity (Wildman–Crippen MR) is 56.8 cm³/mol. The summed E-state index contributed by atoms with van der Waals surface area (Å²) in [5.74, 6) is -1.78. The minimum absolute atomic E-state index is 0.00600. The highest BCUT2D eigenvalue weighted by Crippen LogP contribution is 1.82. The summed E-state index contributed by atoms with van der Waals surface area (Å²) in [6.45, 7) is 3.58. The number of aliphatic carboxylic acids is 1. The van der Waals surface area contributed by atoms with Gasteiger partial charge in [0.25, 0.3) is 0 Å². The van der Waals surface area contributed by atoms with E-state index in [1.807, 2.05) is 0 Å². The molecule has 0 spiro atoms. The summed E-state index contributed by atoms with van der Waals surface area (Å²) >= 11 is 0. The van der Waals surface area contributed by atoms with Gasteiger partial charge in [0.2, 0.25) is 11.8 Å². The van der Waals surface area contributed by atoms with Gasteiger partial charge in [0.1, 0.15) is 6.04 Å². The summed E-state index contributed by atoms with van der Waals surface area (Å²) in [6, 6.07) is -1.02. The number of amides is 2. The number of nitrogens with one attached hydrogen (secondary N) is 3. The maximum Gasteiger partial charge on any atom is 0.327 e. The van der Waals surface area contributed by atoms with Crippen LogP contribution in [0.15, 0.2) is 0 Å². The summed E-state index contributed by atoms with van der Waals surface area (Å²) in [5.41, 5.74) is 0. The van der Waals surface area contributed by atoms with E-state index < -0.39 is 17.9 Å². The summed E-state index contributed by atoms with van der Waals surface area (Å²) in [5, 5.41) is 16.2. The van der Waals surface area contributed by atoms with Crippen molar-refractivity contribution in [3.8, 4) is 0 Å². The van der Waals surface area contributed by atoms with Crippen molar-refractivity contribution in [3.63, 3.8) is 0 Å². The van der Waals surface area contributed by atoms with E-state index in [0.717, 1.165) is 0 Å². The first-order valence-corrected chi connectivity index (χ1v) is 4.94. The first-order valence-electron chi connectivity index (χ1n) is 4.94. The lowest BCUT2D eigenvalue weighted by atomic mass is 10.3. The van der Waals surface area contributed by atoms with Gasteiger partial charge in [-0.1, -0.05) is 0 Å². The Morgan fingerprint density at radius 1 is 1.31 bits per heavy atom. The topological polar surface area (TPSA) is 108 Å². The van der Waals surface area contributed by atoms with E-state index in [2.05, 4.69) is 16.0 Å². The van der Waals surface area contributed by atoms with Gasteiger partial charge in [-0.25, -0.2) is 4.79 Å². The smallest absolute Gasteiger partial charge is 0.327 e. The number of hydrogen-bond donors (Lipinski definition) is 4. The number of carbonyl (C=O) groups excluding carboxylic acids is 2. The average molecular weight is 231 g/mol. The Kier molecular flexibility index (Phi) is 6.86. The van der Waals surface area contributed by atoms with Crippen molar-refractivity contribution >= 4 is 17.8 Å². The summed E-state index contributed by atoms with van der Waals surface area (Å²) in [7, 11) is 0. The van der Waals surface area contributed by atoms with E-state index in [-0.39, 0.29) is 19.0 Å². The highest BCUT2D eigenvalue weighted by molar-refractivity contribution is 5.82. The van der Waals surface area contributed by atoms with Crippen LogP contribution >= 0.6 is 0 Å². The van der Waals surface area contributed by atoms with Crippen molar-refractivity contribution in [2.45, 2.75) is 19.9 Å². The monoisotopic (exact) mass is 231 g/mol. The fourth-order valence-corrected chi connectivity index (χ4v) is 1.04. The standard InChI is InChI=1S/C9H17N3O4/c1-3-11-8(14)5-10-4-7(9(15)16)12-6(2)13/h7,10H,3-5H2,1-2H3,(H,11,14)(H,12,13)(H,15,16). The average Bonchev–Trinajstić information content (AvgIpc) is 2.15. The van der Waals surface area contributed by atoms with E-state index in [0.29, 0.717) is 6.54 Å². The van der Waals surface area contributed by atoms with E-state index in [9.17, 15) is 14.4 Å². The van der Waals surface area contributed by atoms with Crippen LogP contribution in [-0.2, 0) is 14.4 Å². The second-order valence-corrected chi connectivity index (χ2v) is 3.18. The van der Waals surface area contributed by atoms with Gasteiger partial charge in [-0.3, -0.25) is 9.59 Å². The minimum atomic E-state index is -1.14. The molecule has 7 heteroatoms. The molecule has 92 valence electrons. The molecule has 0 fully saturated rings. The molecule has 1 unspecified atom stereocenters. The molecule has 0 heterocycles. The van der Waals surface area contributed by atoms with Crippen LogP contribution in [0.2, 0.25) is 0 Å². The van der Waals surface area contributed by atoms with Crippen LogP contribution in [0.5, 0.6) is 0 Å². The maximum absolute atomic E-state index is 11.0. The van der Waals surface area contributed by atoms with Gasteiger partial charge < -0.3 is 21.1 Å². The Morgan fingerprint density at radius 3 is 2.38 bits per heavy atom. The number of carboxylic acid groups (broad SMARTS) is 1. The molecule has 0 radical (unpaired) electrons. The third-order valence-corrected chi connectivity index (χ3v) is 1.68. The van der Waals surface area contributed by atoms with Crippen molar-refractivity contribution in [1.29, 1.82) is 0 Å². The number of rotatable bonds is 7. The molecule has 0 rings (SSSR count). The normalized spacial score (nSPS) is 11.6. The van der Waals surface area contributed by atoms with Gasteiger partial charge in [-0.05, 0) is 6.92 Å². The molecule has 0 aromatic rings. The largest absolute Gasteiger partial charge is 0.480 e. The molecule has 7 nitrogen and oxygen atoms in total. The van der Waals surface area contributed by atoms with Crippen molar-refractivity contribution in [2.24, 2.45) is 0 Å².